The topological polar surface area (TPSA) is 38.8 Å². The first kappa shape index (κ1) is 12.1. The van der Waals surface area contributed by atoms with Crippen molar-refractivity contribution < 1.29 is 14.3 Å². The Morgan fingerprint density at radius 3 is 2.44 bits per heavy atom. The van der Waals surface area contributed by atoms with Gasteiger partial charge in [0.1, 0.15) is 0 Å². The number of amides is 1. The number of ether oxygens (including phenoxy) is 2. The van der Waals surface area contributed by atoms with E-state index in [1.165, 1.54) is 0 Å². The number of nitrogens with zero attached hydrogens (tertiary/aromatic N) is 1. The van der Waals surface area contributed by atoms with Gasteiger partial charge >= 0.3 is 0 Å². The number of hydrogen-bond donors (Lipinski definition) is 0. The number of likely N-dealkylation sites (tertiary alicyclic amines) is 1. The second-order valence-electron chi connectivity index (χ2n) is 4.49. The van der Waals surface area contributed by atoms with Crippen LogP contribution in [-0.2, 0) is 14.3 Å². The van der Waals surface area contributed by atoms with Gasteiger partial charge in [-0.25, -0.2) is 0 Å². The molecule has 2 rings (SSSR count). The van der Waals surface area contributed by atoms with E-state index in [2.05, 4.69) is 0 Å². The van der Waals surface area contributed by atoms with Crippen LogP contribution < -0.4 is 0 Å². The van der Waals surface area contributed by atoms with Crippen LogP contribution in [-0.4, -0.2) is 48.8 Å². The standard InChI is InChI=1S/C11H18ClNO3/c1-9(8-12)10(14)13-4-2-11(3-5-13)15-6-7-16-11/h9H,2-8H2,1H3. The van der Waals surface area contributed by atoms with Gasteiger partial charge in [-0.15, -0.1) is 11.6 Å². The van der Waals surface area contributed by atoms with E-state index in [4.69, 9.17) is 21.1 Å². The second kappa shape index (κ2) is 4.90. The summed E-state index contributed by atoms with van der Waals surface area (Å²) < 4.78 is 11.2. The SMILES string of the molecule is CC(CCl)C(=O)N1CCC2(CC1)OCCO2. The molecule has 0 saturated carbocycles. The van der Waals surface area contributed by atoms with Gasteiger partial charge in [-0.2, -0.15) is 0 Å². The molecule has 2 aliphatic heterocycles. The first-order chi connectivity index (χ1) is 7.67. The molecule has 0 aliphatic carbocycles. The van der Waals surface area contributed by atoms with E-state index in [1.54, 1.807) is 0 Å². The van der Waals surface area contributed by atoms with Gasteiger partial charge < -0.3 is 14.4 Å². The van der Waals surface area contributed by atoms with Crippen molar-refractivity contribution in [2.75, 3.05) is 32.2 Å². The molecule has 2 heterocycles. The Labute approximate surface area is 101 Å². The Morgan fingerprint density at radius 2 is 1.94 bits per heavy atom. The molecule has 5 heteroatoms. The molecule has 16 heavy (non-hydrogen) atoms. The maximum Gasteiger partial charge on any atom is 0.226 e. The maximum absolute atomic E-state index is 11.9. The number of piperidine rings is 1. The zero-order chi connectivity index (χ0) is 11.6. The van der Waals surface area contributed by atoms with Crippen LogP contribution in [0.2, 0.25) is 0 Å². The molecule has 92 valence electrons. The Hall–Kier alpha value is -0.320. The maximum atomic E-state index is 11.9. The van der Waals surface area contributed by atoms with Crippen LogP contribution in [0.1, 0.15) is 19.8 Å². The van der Waals surface area contributed by atoms with E-state index in [1.807, 2.05) is 11.8 Å². The monoisotopic (exact) mass is 247 g/mol. The number of carbonyl (C=O) groups excluding carboxylic acids is 1. The van der Waals surface area contributed by atoms with E-state index in [-0.39, 0.29) is 11.8 Å². The number of rotatable bonds is 2. The number of carbonyl (C=O) groups is 1. The summed E-state index contributed by atoms with van der Waals surface area (Å²) in [5.41, 5.74) is 0. The van der Waals surface area contributed by atoms with Crippen molar-refractivity contribution >= 4 is 17.5 Å². The van der Waals surface area contributed by atoms with Crippen LogP contribution in [0, 0.1) is 5.92 Å². The minimum Gasteiger partial charge on any atom is -0.347 e. The zero-order valence-electron chi connectivity index (χ0n) is 9.58. The molecule has 0 radical (unpaired) electrons. The van der Waals surface area contributed by atoms with E-state index in [9.17, 15) is 4.79 Å². The molecule has 2 saturated heterocycles. The van der Waals surface area contributed by atoms with Crippen molar-refractivity contribution in [3.05, 3.63) is 0 Å². The van der Waals surface area contributed by atoms with E-state index >= 15 is 0 Å². The molecule has 1 atom stereocenters. The Kier molecular flexibility index (Phi) is 3.72. The first-order valence-electron chi connectivity index (χ1n) is 5.79. The van der Waals surface area contributed by atoms with Crippen molar-refractivity contribution in [2.24, 2.45) is 5.92 Å². The molecule has 4 nitrogen and oxygen atoms in total. The fourth-order valence-electron chi connectivity index (χ4n) is 2.23. The predicted molar refractivity (Wildman–Crippen MR) is 60.3 cm³/mol. The third-order valence-electron chi connectivity index (χ3n) is 3.30. The highest BCUT2D eigenvalue weighted by atomic mass is 35.5. The van der Waals surface area contributed by atoms with Gasteiger partial charge in [0.05, 0.1) is 13.2 Å². The third kappa shape index (κ3) is 2.34. The van der Waals surface area contributed by atoms with Gasteiger partial charge in [-0.3, -0.25) is 4.79 Å². The van der Waals surface area contributed by atoms with Gasteiger partial charge in [0, 0.05) is 37.7 Å². The lowest BCUT2D eigenvalue weighted by Gasteiger charge is -2.38. The number of hydrogen-bond acceptors (Lipinski definition) is 3. The lowest BCUT2D eigenvalue weighted by Crippen LogP contribution is -2.48. The van der Waals surface area contributed by atoms with Gasteiger partial charge in [0.15, 0.2) is 5.79 Å². The molecule has 2 aliphatic rings. The minimum atomic E-state index is -0.402. The molecular weight excluding hydrogens is 230 g/mol. The van der Waals surface area contributed by atoms with Crippen LogP contribution in [0.4, 0.5) is 0 Å². The molecule has 0 bridgehead atoms. The van der Waals surface area contributed by atoms with Crippen LogP contribution in [0.25, 0.3) is 0 Å². The molecule has 1 amide bonds. The summed E-state index contributed by atoms with van der Waals surface area (Å²) in [5.74, 6) is 0.0260. The van der Waals surface area contributed by atoms with Gasteiger partial charge in [0.2, 0.25) is 5.91 Å². The Bertz CT molecular complexity index is 256. The smallest absolute Gasteiger partial charge is 0.226 e. The highest BCUT2D eigenvalue weighted by Crippen LogP contribution is 2.31. The van der Waals surface area contributed by atoms with Gasteiger partial charge in [-0.05, 0) is 0 Å². The highest BCUT2D eigenvalue weighted by Gasteiger charge is 2.41. The van der Waals surface area contributed by atoms with Crippen molar-refractivity contribution in [1.82, 2.24) is 4.90 Å². The summed E-state index contributed by atoms with van der Waals surface area (Å²) in [6, 6.07) is 0. The highest BCUT2D eigenvalue weighted by molar-refractivity contribution is 6.19. The van der Waals surface area contributed by atoms with E-state index < -0.39 is 5.79 Å². The predicted octanol–water partition coefficient (Wildman–Crippen LogP) is 1.23. The first-order valence-corrected chi connectivity index (χ1v) is 6.33. The molecule has 2 fully saturated rings. The minimum absolute atomic E-state index is 0.0962. The van der Waals surface area contributed by atoms with Gasteiger partial charge in [0.25, 0.3) is 0 Å². The lowest BCUT2D eigenvalue weighted by atomic mass is 10.0. The summed E-state index contributed by atoms with van der Waals surface area (Å²) in [6.45, 7) is 4.63. The summed E-state index contributed by atoms with van der Waals surface area (Å²) in [7, 11) is 0. The largest absolute Gasteiger partial charge is 0.347 e. The van der Waals surface area contributed by atoms with Crippen molar-refractivity contribution in [3.8, 4) is 0 Å². The van der Waals surface area contributed by atoms with E-state index in [0.717, 1.165) is 12.8 Å². The average Bonchev–Trinajstić information content (AvgIpc) is 2.77. The fourth-order valence-corrected chi connectivity index (χ4v) is 2.36. The Balaban J connectivity index is 1.87. The summed E-state index contributed by atoms with van der Waals surface area (Å²) >= 11 is 5.69. The third-order valence-corrected chi connectivity index (χ3v) is 3.77. The van der Waals surface area contributed by atoms with Gasteiger partial charge in [-0.1, -0.05) is 6.92 Å². The molecule has 1 spiro atoms. The van der Waals surface area contributed by atoms with Crippen molar-refractivity contribution in [1.29, 1.82) is 0 Å². The zero-order valence-corrected chi connectivity index (χ0v) is 10.3. The van der Waals surface area contributed by atoms with Crippen molar-refractivity contribution in [2.45, 2.75) is 25.6 Å². The Morgan fingerprint density at radius 1 is 1.38 bits per heavy atom. The second-order valence-corrected chi connectivity index (χ2v) is 4.80. The lowest BCUT2D eigenvalue weighted by molar-refractivity contribution is -0.188. The van der Waals surface area contributed by atoms with E-state index in [0.29, 0.717) is 32.2 Å². The average molecular weight is 248 g/mol. The van der Waals surface area contributed by atoms with Crippen LogP contribution in [0.15, 0.2) is 0 Å². The molecule has 0 N–H and O–H groups in total. The quantitative estimate of drug-likeness (QED) is 0.689. The summed E-state index contributed by atoms with van der Waals surface area (Å²) in [4.78, 5) is 13.8. The summed E-state index contributed by atoms with van der Waals surface area (Å²) in [6.07, 6.45) is 1.54. The van der Waals surface area contributed by atoms with Crippen LogP contribution >= 0.6 is 11.6 Å². The molecule has 1 unspecified atom stereocenters. The molecule has 0 aromatic carbocycles. The van der Waals surface area contributed by atoms with Crippen molar-refractivity contribution in [3.63, 3.8) is 0 Å². The normalized spacial score (nSPS) is 26.0. The van der Waals surface area contributed by atoms with Crippen LogP contribution in [0.3, 0.4) is 0 Å². The molecular formula is C11H18ClNO3. The number of alkyl halides is 1. The van der Waals surface area contributed by atoms with Crippen LogP contribution in [0.5, 0.6) is 0 Å². The fraction of sp³-hybridized carbons (Fsp3) is 0.909. The molecule has 0 aromatic rings. The molecule has 0 aromatic heterocycles. The number of halogens is 1. The summed E-state index contributed by atoms with van der Waals surface area (Å²) in [5, 5.41) is 0.